The number of nitrogens with one attached hydrogen (secondary N) is 1. The molecule has 0 radical (unpaired) electrons. The molecule has 3 rings (SSSR count). The first kappa shape index (κ1) is 8.53. The Morgan fingerprint density at radius 1 is 1.20 bits per heavy atom. The van der Waals surface area contributed by atoms with Crippen LogP contribution in [-0.2, 0) is 6.42 Å². The molecule has 15 heavy (non-hydrogen) atoms. The molecule has 0 amide bonds. The highest BCUT2D eigenvalue weighted by Crippen LogP contribution is 2.31. The Balaban J connectivity index is 2.06. The van der Waals surface area contributed by atoms with E-state index in [0.29, 0.717) is 0 Å². The van der Waals surface area contributed by atoms with E-state index in [1.165, 1.54) is 24.1 Å². The van der Waals surface area contributed by atoms with Gasteiger partial charge in [0.05, 0.1) is 6.20 Å². The van der Waals surface area contributed by atoms with Gasteiger partial charge in [0.15, 0.2) is 0 Å². The van der Waals surface area contributed by atoms with Crippen LogP contribution >= 0.6 is 0 Å². The zero-order chi connectivity index (χ0) is 10.1. The summed E-state index contributed by atoms with van der Waals surface area (Å²) in [7, 11) is 0. The summed E-state index contributed by atoms with van der Waals surface area (Å²) in [4.78, 5) is 2.30. The zero-order valence-corrected chi connectivity index (χ0v) is 8.48. The van der Waals surface area contributed by atoms with Crippen LogP contribution in [0.25, 0.3) is 0 Å². The molecule has 0 bridgehead atoms. The number of anilines is 2. The lowest BCUT2D eigenvalue weighted by molar-refractivity contribution is 0.758. The van der Waals surface area contributed by atoms with Crippen LogP contribution < -0.4 is 4.90 Å². The Morgan fingerprint density at radius 3 is 3.00 bits per heavy atom. The van der Waals surface area contributed by atoms with E-state index in [0.717, 1.165) is 12.4 Å². The molecule has 3 nitrogen and oxygen atoms in total. The van der Waals surface area contributed by atoms with Crippen molar-refractivity contribution < 1.29 is 0 Å². The number of H-pyrrole nitrogens is 1. The van der Waals surface area contributed by atoms with E-state index in [1.807, 2.05) is 6.07 Å². The Kier molecular flexibility index (Phi) is 1.95. The van der Waals surface area contributed by atoms with Gasteiger partial charge in [-0.3, -0.25) is 5.10 Å². The summed E-state index contributed by atoms with van der Waals surface area (Å²) < 4.78 is 0. The standard InChI is InChI=1S/C12H13N3/c1-2-6-11-10(4-1)5-3-9-15(11)12-7-8-13-14-12/h1-2,4,6-8H,3,5,9H2,(H,13,14). The Bertz CT molecular complexity index is 448. The molecule has 0 saturated heterocycles. The minimum absolute atomic E-state index is 1.07. The summed E-state index contributed by atoms with van der Waals surface area (Å²) >= 11 is 0. The molecule has 1 aromatic carbocycles. The highest BCUT2D eigenvalue weighted by molar-refractivity contribution is 5.64. The second-order valence-electron chi connectivity index (χ2n) is 3.83. The molecule has 0 spiro atoms. The number of aryl methyl sites for hydroxylation is 1. The molecular formula is C12H13N3. The summed E-state index contributed by atoms with van der Waals surface area (Å²) in [6, 6.07) is 10.6. The van der Waals surface area contributed by atoms with Crippen molar-refractivity contribution in [1.82, 2.24) is 10.2 Å². The van der Waals surface area contributed by atoms with Crippen LogP contribution in [0.1, 0.15) is 12.0 Å². The molecule has 0 atom stereocenters. The van der Waals surface area contributed by atoms with Crippen LogP contribution in [0.3, 0.4) is 0 Å². The van der Waals surface area contributed by atoms with Crippen LogP contribution in [0.15, 0.2) is 36.5 Å². The number of benzene rings is 1. The maximum absolute atomic E-state index is 4.00. The number of aromatic amines is 1. The quantitative estimate of drug-likeness (QED) is 0.765. The summed E-state index contributed by atoms with van der Waals surface area (Å²) in [5, 5.41) is 7.03. The number of hydrogen-bond donors (Lipinski definition) is 1. The van der Waals surface area contributed by atoms with Gasteiger partial charge in [0.2, 0.25) is 0 Å². The molecule has 1 aromatic heterocycles. The number of fused-ring (bicyclic) bond motifs is 1. The third-order valence-corrected chi connectivity index (χ3v) is 2.89. The van der Waals surface area contributed by atoms with Crippen molar-refractivity contribution in [2.45, 2.75) is 12.8 Å². The van der Waals surface area contributed by atoms with Gasteiger partial charge in [0.1, 0.15) is 5.82 Å². The second kappa shape index (κ2) is 3.42. The predicted octanol–water partition coefficient (Wildman–Crippen LogP) is 2.49. The van der Waals surface area contributed by atoms with E-state index in [1.54, 1.807) is 6.20 Å². The minimum Gasteiger partial charge on any atom is -0.326 e. The fourth-order valence-electron chi connectivity index (χ4n) is 2.18. The van der Waals surface area contributed by atoms with E-state index in [-0.39, 0.29) is 0 Å². The molecule has 3 heteroatoms. The van der Waals surface area contributed by atoms with Gasteiger partial charge in [-0.1, -0.05) is 18.2 Å². The van der Waals surface area contributed by atoms with Crippen LogP contribution in [0.4, 0.5) is 11.5 Å². The first-order valence-corrected chi connectivity index (χ1v) is 5.30. The normalized spacial score (nSPS) is 15.1. The van der Waals surface area contributed by atoms with Crippen LogP contribution in [0.5, 0.6) is 0 Å². The van der Waals surface area contributed by atoms with Crippen LogP contribution in [-0.4, -0.2) is 16.7 Å². The van der Waals surface area contributed by atoms with E-state index in [9.17, 15) is 0 Å². The number of aromatic nitrogens is 2. The molecule has 2 aromatic rings. The van der Waals surface area contributed by atoms with Gasteiger partial charge in [-0.25, -0.2) is 0 Å². The summed E-state index contributed by atoms with van der Waals surface area (Å²) in [5.41, 5.74) is 2.74. The molecule has 1 aliphatic rings. The van der Waals surface area contributed by atoms with Crippen molar-refractivity contribution in [1.29, 1.82) is 0 Å². The number of para-hydroxylation sites is 1. The van der Waals surface area contributed by atoms with Crippen molar-refractivity contribution in [2.75, 3.05) is 11.4 Å². The van der Waals surface area contributed by atoms with Gasteiger partial charge in [-0.2, -0.15) is 5.10 Å². The highest BCUT2D eigenvalue weighted by Gasteiger charge is 2.17. The first-order chi connectivity index (χ1) is 7.45. The van der Waals surface area contributed by atoms with Gasteiger partial charge < -0.3 is 4.90 Å². The second-order valence-corrected chi connectivity index (χ2v) is 3.83. The molecule has 1 aliphatic heterocycles. The lowest BCUT2D eigenvalue weighted by Gasteiger charge is -2.29. The van der Waals surface area contributed by atoms with Crippen molar-refractivity contribution in [3.8, 4) is 0 Å². The first-order valence-electron chi connectivity index (χ1n) is 5.30. The van der Waals surface area contributed by atoms with E-state index >= 15 is 0 Å². The molecule has 2 heterocycles. The average molecular weight is 199 g/mol. The van der Waals surface area contributed by atoms with Gasteiger partial charge in [-0.15, -0.1) is 0 Å². The van der Waals surface area contributed by atoms with E-state index < -0.39 is 0 Å². The maximum atomic E-state index is 4.00. The molecule has 0 aliphatic carbocycles. The van der Waals surface area contributed by atoms with Crippen LogP contribution in [0, 0.1) is 0 Å². The molecule has 0 unspecified atom stereocenters. The Labute approximate surface area is 88.7 Å². The highest BCUT2D eigenvalue weighted by atomic mass is 15.3. The van der Waals surface area contributed by atoms with Gasteiger partial charge in [0.25, 0.3) is 0 Å². The number of rotatable bonds is 1. The average Bonchev–Trinajstić information content (AvgIpc) is 2.82. The van der Waals surface area contributed by atoms with E-state index in [4.69, 9.17) is 0 Å². The largest absolute Gasteiger partial charge is 0.326 e. The molecule has 76 valence electrons. The summed E-state index contributed by atoms with van der Waals surface area (Å²) in [5.74, 6) is 1.09. The van der Waals surface area contributed by atoms with Crippen molar-refractivity contribution in [2.24, 2.45) is 0 Å². The summed E-state index contributed by atoms with van der Waals surface area (Å²) in [6.07, 6.45) is 4.18. The van der Waals surface area contributed by atoms with Gasteiger partial charge in [0, 0.05) is 18.3 Å². The maximum Gasteiger partial charge on any atom is 0.128 e. The number of nitrogens with zero attached hydrogens (tertiary/aromatic N) is 2. The fraction of sp³-hybridized carbons (Fsp3) is 0.250. The lowest BCUT2D eigenvalue weighted by Crippen LogP contribution is -2.24. The third-order valence-electron chi connectivity index (χ3n) is 2.89. The molecule has 0 fully saturated rings. The fourth-order valence-corrected chi connectivity index (χ4v) is 2.18. The Morgan fingerprint density at radius 2 is 2.13 bits per heavy atom. The van der Waals surface area contributed by atoms with Crippen molar-refractivity contribution in [3.63, 3.8) is 0 Å². The monoisotopic (exact) mass is 199 g/mol. The van der Waals surface area contributed by atoms with Crippen molar-refractivity contribution in [3.05, 3.63) is 42.1 Å². The summed E-state index contributed by atoms with van der Waals surface area (Å²) in [6.45, 7) is 1.07. The smallest absolute Gasteiger partial charge is 0.128 e. The number of hydrogen-bond acceptors (Lipinski definition) is 2. The predicted molar refractivity (Wildman–Crippen MR) is 60.4 cm³/mol. The molecule has 0 saturated carbocycles. The lowest BCUT2D eigenvalue weighted by atomic mass is 10.0. The van der Waals surface area contributed by atoms with E-state index in [2.05, 4.69) is 39.4 Å². The Hall–Kier alpha value is -1.77. The van der Waals surface area contributed by atoms with Crippen molar-refractivity contribution >= 4 is 11.5 Å². The SMILES string of the molecule is c1ccc2c(c1)CCCN2c1ccn[nH]1. The topological polar surface area (TPSA) is 31.9 Å². The van der Waals surface area contributed by atoms with Gasteiger partial charge >= 0.3 is 0 Å². The zero-order valence-electron chi connectivity index (χ0n) is 8.48. The molecular weight excluding hydrogens is 186 g/mol. The third kappa shape index (κ3) is 1.40. The minimum atomic E-state index is 1.07. The van der Waals surface area contributed by atoms with Gasteiger partial charge in [-0.05, 0) is 24.5 Å². The van der Waals surface area contributed by atoms with Crippen LogP contribution in [0.2, 0.25) is 0 Å². The molecule has 1 N–H and O–H groups in total.